The number of benzene rings is 1. The Hall–Kier alpha value is -0.0800. The Morgan fingerprint density at radius 2 is 1.70 bits per heavy atom. The first-order valence-corrected chi connectivity index (χ1v) is 9.79. The Balaban J connectivity index is 1.65. The molecule has 0 saturated heterocycles. The largest absolute Gasteiger partial charge is 0.179 e. The van der Waals surface area contributed by atoms with Gasteiger partial charge in [0.15, 0.2) is 0 Å². The summed E-state index contributed by atoms with van der Waals surface area (Å²) in [5.74, 6) is 2.32. The van der Waals surface area contributed by atoms with Gasteiger partial charge in [-0.2, -0.15) is 12.6 Å². The second kappa shape index (κ2) is 6.79. The summed E-state index contributed by atoms with van der Waals surface area (Å²) in [6, 6.07) is 7.17. The van der Waals surface area contributed by atoms with Crippen LogP contribution in [-0.2, 0) is 12.8 Å². The molecular weight excluding hydrogens is 280 g/mol. The molecule has 2 aliphatic rings. The molecule has 2 heteroatoms. The summed E-state index contributed by atoms with van der Waals surface area (Å²) < 4.78 is 0. The molecule has 20 heavy (non-hydrogen) atoms. The summed E-state index contributed by atoms with van der Waals surface area (Å²) >= 11 is 6.77. The molecule has 0 aromatic heterocycles. The lowest BCUT2D eigenvalue weighted by Gasteiger charge is -2.30. The highest BCUT2D eigenvalue weighted by Gasteiger charge is 2.29. The molecule has 0 unspecified atom stereocenters. The first-order valence-electron chi connectivity index (χ1n) is 8.17. The lowest BCUT2D eigenvalue weighted by molar-refractivity contribution is 0.332. The summed E-state index contributed by atoms with van der Waals surface area (Å²) in [6.45, 7) is 0. The van der Waals surface area contributed by atoms with Gasteiger partial charge in [0.2, 0.25) is 0 Å². The molecule has 1 aromatic rings. The van der Waals surface area contributed by atoms with Crippen LogP contribution in [0.15, 0.2) is 23.1 Å². The number of thiol groups is 1. The van der Waals surface area contributed by atoms with E-state index < -0.39 is 0 Å². The molecule has 110 valence electrons. The molecule has 0 nitrogen and oxygen atoms in total. The summed E-state index contributed by atoms with van der Waals surface area (Å²) in [4.78, 5) is 1.48. The lowest BCUT2D eigenvalue weighted by atomic mass is 9.84. The maximum atomic E-state index is 4.70. The Morgan fingerprint density at radius 3 is 2.45 bits per heavy atom. The van der Waals surface area contributed by atoms with Crippen molar-refractivity contribution in [2.75, 3.05) is 11.5 Å². The third-order valence-corrected chi connectivity index (χ3v) is 7.13. The smallest absolute Gasteiger partial charge is 0.00750 e. The zero-order chi connectivity index (χ0) is 13.8. The van der Waals surface area contributed by atoms with Crippen molar-refractivity contribution >= 4 is 24.4 Å². The van der Waals surface area contributed by atoms with Crippen molar-refractivity contribution in [2.45, 2.75) is 62.7 Å². The van der Waals surface area contributed by atoms with Gasteiger partial charge in [-0.1, -0.05) is 31.7 Å². The van der Waals surface area contributed by atoms with Gasteiger partial charge in [0.25, 0.3) is 0 Å². The summed E-state index contributed by atoms with van der Waals surface area (Å²) in [5.41, 5.74) is 3.69. The molecule has 3 rings (SSSR count). The van der Waals surface area contributed by atoms with E-state index in [2.05, 4.69) is 30.0 Å². The number of hydrogen-bond acceptors (Lipinski definition) is 2. The van der Waals surface area contributed by atoms with Gasteiger partial charge in [-0.15, -0.1) is 11.8 Å². The van der Waals surface area contributed by atoms with E-state index in [4.69, 9.17) is 12.6 Å². The topological polar surface area (TPSA) is 0 Å². The van der Waals surface area contributed by atoms with E-state index in [0.29, 0.717) is 5.41 Å². The predicted octanol–water partition coefficient (Wildman–Crippen LogP) is 5.54. The molecule has 0 heterocycles. The van der Waals surface area contributed by atoms with Crippen molar-refractivity contribution in [3.05, 3.63) is 29.3 Å². The molecule has 2 aliphatic carbocycles. The summed E-state index contributed by atoms with van der Waals surface area (Å²) in [6.07, 6.45) is 12.4. The molecule has 0 radical (unpaired) electrons. The van der Waals surface area contributed by atoms with Gasteiger partial charge in [-0.25, -0.2) is 0 Å². The van der Waals surface area contributed by atoms with Crippen LogP contribution in [0.25, 0.3) is 0 Å². The fraction of sp³-hybridized carbons (Fsp3) is 0.667. The fourth-order valence-corrected chi connectivity index (χ4v) is 5.53. The minimum absolute atomic E-state index is 0.489. The van der Waals surface area contributed by atoms with E-state index in [0.717, 1.165) is 5.75 Å². The Morgan fingerprint density at radius 1 is 0.950 bits per heavy atom. The van der Waals surface area contributed by atoms with E-state index in [-0.39, 0.29) is 0 Å². The van der Waals surface area contributed by atoms with Crippen LogP contribution in [0.1, 0.15) is 56.1 Å². The minimum Gasteiger partial charge on any atom is -0.179 e. The van der Waals surface area contributed by atoms with Crippen LogP contribution >= 0.6 is 24.4 Å². The number of fused-ring (bicyclic) bond motifs is 1. The first-order chi connectivity index (χ1) is 9.81. The van der Waals surface area contributed by atoms with Crippen LogP contribution in [0.3, 0.4) is 0 Å². The van der Waals surface area contributed by atoms with E-state index in [1.807, 2.05) is 0 Å². The predicted molar refractivity (Wildman–Crippen MR) is 93.2 cm³/mol. The van der Waals surface area contributed by atoms with Crippen LogP contribution in [-0.4, -0.2) is 11.5 Å². The van der Waals surface area contributed by atoms with Crippen molar-refractivity contribution in [1.29, 1.82) is 0 Å². The van der Waals surface area contributed by atoms with Gasteiger partial charge in [-0.3, -0.25) is 0 Å². The summed E-state index contributed by atoms with van der Waals surface area (Å²) in [5, 5.41) is 0. The average molecular weight is 307 g/mol. The zero-order valence-corrected chi connectivity index (χ0v) is 14.1. The second-order valence-electron chi connectivity index (χ2n) is 6.65. The van der Waals surface area contributed by atoms with Crippen LogP contribution in [0.4, 0.5) is 0 Å². The van der Waals surface area contributed by atoms with Crippen molar-refractivity contribution in [3.8, 4) is 0 Å². The van der Waals surface area contributed by atoms with Gasteiger partial charge >= 0.3 is 0 Å². The molecule has 0 atom stereocenters. The van der Waals surface area contributed by atoms with E-state index in [1.165, 1.54) is 68.4 Å². The van der Waals surface area contributed by atoms with Crippen LogP contribution in [0.2, 0.25) is 0 Å². The first kappa shape index (κ1) is 14.8. The lowest BCUT2D eigenvalue weighted by Crippen LogP contribution is -2.25. The van der Waals surface area contributed by atoms with E-state index >= 15 is 0 Å². The average Bonchev–Trinajstić information content (AvgIpc) is 2.82. The highest BCUT2D eigenvalue weighted by atomic mass is 32.2. The Kier molecular flexibility index (Phi) is 5.04. The van der Waals surface area contributed by atoms with Gasteiger partial charge in [0.05, 0.1) is 0 Å². The third kappa shape index (κ3) is 3.39. The van der Waals surface area contributed by atoms with Crippen LogP contribution in [0.5, 0.6) is 0 Å². The number of rotatable bonds is 4. The number of hydrogen-bond donors (Lipinski definition) is 1. The van der Waals surface area contributed by atoms with Crippen molar-refractivity contribution < 1.29 is 0 Å². The minimum atomic E-state index is 0.489. The molecule has 0 N–H and O–H groups in total. The highest BCUT2D eigenvalue weighted by molar-refractivity contribution is 7.99. The Bertz CT molecular complexity index is 445. The number of thioether (sulfide) groups is 1. The molecule has 0 bridgehead atoms. The maximum Gasteiger partial charge on any atom is 0.00750 e. The normalized spacial score (nSPS) is 21.4. The van der Waals surface area contributed by atoms with Gasteiger partial charge in [0, 0.05) is 10.6 Å². The van der Waals surface area contributed by atoms with Gasteiger partial charge in [0.1, 0.15) is 0 Å². The van der Waals surface area contributed by atoms with Gasteiger partial charge < -0.3 is 0 Å². The molecule has 0 aliphatic heterocycles. The van der Waals surface area contributed by atoms with Crippen molar-refractivity contribution in [1.82, 2.24) is 0 Å². The SMILES string of the molecule is SCC1(CSc2ccc3c(c2)CCC3)CCCCCC1. The van der Waals surface area contributed by atoms with E-state index in [9.17, 15) is 0 Å². The van der Waals surface area contributed by atoms with Crippen molar-refractivity contribution in [3.63, 3.8) is 0 Å². The molecule has 1 fully saturated rings. The molecule has 0 amide bonds. The third-order valence-electron chi connectivity index (χ3n) is 5.11. The molecule has 1 saturated carbocycles. The zero-order valence-electron chi connectivity index (χ0n) is 12.4. The standard InChI is InChI=1S/C18H26S2/c19-13-18(10-3-1-2-4-11-18)14-20-17-9-8-15-6-5-7-16(15)12-17/h8-9,12,19H,1-7,10-11,13-14H2. The monoisotopic (exact) mass is 306 g/mol. The Labute approximate surface area is 133 Å². The van der Waals surface area contributed by atoms with Gasteiger partial charge in [-0.05, 0) is 66.5 Å². The number of aryl methyl sites for hydroxylation is 2. The fourth-order valence-electron chi connectivity index (χ4n) is 3.70. The second-order valence-corrected chi connectivity index (χ2v) is 8.01. The van der Waals surface area contributed by atoms with Crippen LogP contribution in [0, 0.1) is 5.41 Å². The molecular formula is C18H26S2. The van der Waals surface area contributed by atoms with Crippen molar-refractivity contribution in [2.24, 2.45) is 5.41 Å². The van der Waals surface area contributed by atoms with Crippen LogP contribution < -0.4 is 0 Å². The van der Waals surface area contributed by atoms with E-state index in [1.54, 1.807) is 11.1 Å². The maximum absolute atomic E-state index is 4.70. The molecule has 0 spiro atoms. The quantitative estimate of drug-likeness (QED) is 0.433. The highest BCUT2D eigenvalue weighted by Crippen LogP contribution is 2.41. The molecule has 1 aromatic carbocycles. The summed E-state index contributed by atoms with van der Waals surface area (Å²) in [7, 11) is 0.